The summed E-state index contributed by atoms with van der Waals surface area (Å²) in [5.41, 5.74) is 8.38. The van der Waals surface area contributed by atoms with Crippen molar-refractivity contribution in [2.45, 2.75) is 25.5 Å². The monoisotopic (exact) mass is 220 g/mol. The van der Waals surface area contributed by atoms with Crippen molar-refractivity contribution >= 4 is 0 Å². The lowest BCUT2D eigenvalue weighted by Crippen LogP contribution is -2.32. The molecule has 0 bridgehead atoms. The van der Waals surface area contributed by atoms with Gasteiger partial charge in [0.2, 0.25) is 0 Å². The quantitative estimate of drug-likeness (QED) is 0.801. The van der Waals surface area contributed by atoms with E-state index in [1.54, 1.807) is 0 Å². The molecule has 3 nitrogen and oxygen atoms in total. The van der Waals surface area contributed by atoms with E-state index >= 15 is 0 Å². The topological polar surface area (TPSA) is 49.5 Å². The Labute approximate surface area is 96.9 Å². The first kappa shape index (κ1) is 11.6. The molecule has 3 heteroatoms. The maximum Gasteiger partial charge on any atom is 0.0679 e. The number of aliphatic hydroxyl groups is 1. The van der Waals surface area contributed by atoms with E-state index in [0.717, 1.165) is 19.5 Å². The highest BCUT2D eigenvalue weighted by molar-refractivity contribution is 5.25. The predicted octanol–water partition coefficient (Wildman–Crippen LogP) is 1.06. The molecule has 1 heterocycles. The fourth-order valence-corrected chi connectivity index (χ4v) is 2.42. The zero-order valence-corrected chi connectivity index (χ0v) is 9.76. The molecule has 1 aromatic rings. The Morgan fingerprint density at radius 2 is 2.38 bits per heavy atom. The summed E-state index contributed by atoms with van der Waals surface area (Å²) in [4.78, 5) is 2.28. The normalized spacial score (nSPS) is 23.6. The summed E-state index contributed by atoms with van der Waals surface area (Å²) in [7, 11) is 0. The van der Waals surface area contributed by atoms with Gasteiger partial charge in [0.15, 0.2) is 0 Å². The van der Waals surface area contributed by atoms with Crippen molar-refractivity contribution < 1.29 is 5.11 Å². The van der Waals surface area contributed by atoms with E-state index in [1.807, 2.05) is 0 Å². The van der Waals surface area contributed by atoms with Gasteiger partial charge in [-0.2, -0.15) is 0 Å². The summed E-state index contributed by atoms with van der Waals surface area (Å²) in [6.07, 6.45) is 0.682. The highest BCUT2D eigenvalue weighted by atomic mass is 16.3. The molecule has 1 aromatic carbocycles. The summed E-state index contributed by atoms with van der Waals surface area (Å²) < 4.78 is 0. The zero-order valence-electron chi connectivity index (χ0n) is 9.76. The predicted molar refractivity (Wildman–Crippen MR) is 65.2 cm³/mol. The molecule has 0 spiro atoms. The molecule has 88 valence electrons. The third-order valence-corrected chi connectivity index (χ3v) is 3.29. The van der Waals surface area contributed by atoms with Gasteiger partial charge in [-0.1, -0.05) is 29.8 Å². The van der Waals surface area contributed by atoms with Crippen LogP contribution in [0.4, 0.5) is 0 Å². The summed E-state index contributed by atoms with van der Waals surface area (Å²) >= 11 is 0. The van der Waals surface area contributed by atoms with Gasteiger partial charge in [-0.25, -0.2) is 0 Å². The van der Waals surface area contributed by atoms with Crippen molar-refractivity contribution in [1.82, 2.24) is 4.90 Å². The van der Waals surface area contributed by atoms with Gasteiger partial charge in [0, 0.05) is 25.7 Å². The lowest BCUT2D eigenvalue weighted by atomic mass is 10.0. The van der Waals surface area contributed by atoms with Crippen LogP contribution in [-0.4, -0.2) is 35.7 Å². The first-order chi connectivity index (χ1) is 7.70. The Hall–Kier alpha value is -0.900. The maximum absolute atomic E-state index is 9.56. The number of nitrogens with two attached hydrogens (primary N) is 1. The fraction of sp³-hybridized carbons (Fsp3) is 0.538. The molecule has 1 fully saturated rings. The highest BCUT2D eigenvalue weighted by Crippen LogP contribution is 2.24. The number of nitrogens with zero attached hydrogens (tertiary/aromatic N) is 1. The van der Waals surface area contributed by atoms with E-state index < -0.39 is 0 Å². The Morgan fingerprint density at radius 3 is 2.94 bits per heavy atom. The van der Waals surface area contributed by atoms with Crippen LogP contribution in [0.1, 0.15) is 23.6 Å². The number of aliphatic hydroxyl groups excluding tert-OH is 1. The van der Waals surface area contributed by atoms with Crippen molar-refractivity contribution in [1.29, 1.82) is 0 Å². The van der Waals surface area contributed by atoms with E-state index in [9.17, 15) is 5.11 Å². The minimum Gasteiger partial charge on any atom is -0.392 e. The van der Waals surface area contributed by atoms with Crippen LogP contribution in [0, 0.1) is 6.92 Å². The van der Waals surface area contributed by atoms with Gasteiger partial charge in [0.05, 0.1) is 6.10 Å². The number of rotatable bonds is 3. The third kappa shape index (κ3) is 2.43. The van der Waals surface area contributed by atoms with Crippen LogP contribution in [0.3, 0.4) is 0 Å². The first-order valence-electron chi connectivity index (χ1n) is 5.89. The average molecular weight is 220 g/mol. The van der Waals surface area contributed by atoms with Crippen molar-refractivity contribution in [2.24, 2.45) is 5.73 Å². The van der Waals surface area contributed by atoms with E-state index in [2.05, 4.69) is 36.1 Å². The largest absolute Gasteiger partial charge is 0.392 e. The molecule has 1 saturated heterocycles. The molecule has 3 N–H and O–H groups in total. The number of hydrogen-bond donors (Lipinski definition) is 2. The SMILES string of the molecule is Cc1cccc(C(CN)N2CCC(O)C2)c1. The van der Waals surface area contributed by atoms with Crippen molar-refractivity contribution in [3.8, 4) is 0 Å². The van der Waals surface area contributed by atoms with Gasteiger partial charge in [-0.05, 0) is 18.9 Å². The summed E-state index contributed by atoms with van der Waals surface area (Å²) in [5.74, 6) is 0. The van der Waals surface area contributed by atoms with Crippen molar-refractivity contribution in [3.05, 3.63) is 35.4 Å². The smallest absolute Gasteiger partial charge is 0.0679 e. The number of β-amino-alcohol motifs (C(OH)–C–C–N with tert-alkyl or cyclic N) is 1. The second kappa shape index (κ2) is 4.95. The molecule has 0 aliphatic carbocycles. The van der Waals surface area contributed by atoms with Crippen LogP contribution in [0.15, 0.2) is 24.3 Å². The third-order valence-electron chi connectivity index (χ3n) is 3.29. The minimum atomic E-state index is -0.182. The summed E-state index contributed by atoms with van der Waals surface area (Å²) in [6.45, 7) is 4.39. The van der Waals surface area contributed by atoms with Gasteiger partial charge in [-0.15, -0.1) is 0 Å². The average Bonchev–Trinajstić information content (AvgIpc) is 2.66. The van der Waals surface area contributed by atoms with Crippen LogP contribution < -0.4 is 5.73 Å². The van der Waals surface area contributed by atoms with Gasteiger partial charge in [0.1, 0.15) is 0 Å². The van der Waals surface area contributed by atoms with Crippen LogP contribution in [0.2, 0.25) is 0 Å². The van der Waals surface area contributed by atoms with Crippen molar-refractivity contribution in [3.63, 3.8) is 0 Å². The second-order valence-corrected chi connectivity index (χ2v) is 4.60. The Balaban J connectivity index is 2.16. The molecule has 1 aliphatic heterocycles. The minimum absolute atomic E-state index is 0.182. The zero-order chi connectivity index (χ0) is 11.5. The number of benzene rings is 1. The molecule has 2 atom stereocenters. The number of aryl methyl sites for hydroxylation is 1. The second-order valence-electron chi connectivity index (χ2n) is 4.60. The maximum atomic E-state index is 9.56. The molecule has 0 aromatic heterocycles. The molecule has 0 radical (unpaired) electrons. The molecule has 16 heavy (non-hydrogen) atoms. The summed E-state index contributed by atoms with van der Waals surface area (Å²) in [6, 6.07) is 8.71. The first-order valence-corrected chi connectivity index (χ1v) is 5.89. The van der Waals surface area contributed by atoms with Gasteiger partial charge >= 0.3 is 0 Å². The molecular formula is C13H20N2O. The Kier molecular flexibility index (Phi) is 3.59. The van der Waals surface area contributed by atoms with Gasteiger partial charge in [0.25, 0.3) is 0 Å². The Morgan fingerprint density at radius 1 is 1.56 bits per heavy atom. The van der Waals surface area contributed by atoms with E-state index in [-0.39, 0.29) is 12.1 Å². The van der Waals surface area contributed by atoms with Crippen LogP contribution in [0.25, 0.3) is 0 Å². The van der Waals surface area contributed by atoms with Gasteiger partial charge < -0.3 is 10.8 Å². The lowest BCUT2D eigenvalue weighted by Gasteiger charge is -2.26. The summed E-state index contributed by atoms with van der Waals surface area (Å²) in [5, 5.41) is 9.56. The van der Waals surface area contributed by atoms with Crippen molar-refractivity contribution in [2.75, 3.05) is 19.6 Å². The highest BCUT2D eigenvalue weighted by Gasteiger charge is 2.26. The van der Waals surface area contributed by atoms with Crippen LogP contribution >= 0.6 is 0 Å². The van der Waals surface area contributed by atoms with Gasteiger partial charge in [-0.3, -0.25) is 4.90 Å². The number of likely N-dealkylation sites (tertiary alicyclic amines) is 1. The molecule has 2 rings (SSSR count). The molecule has 2 unspecified atom stereocenters. The fourth-order valence-electron chi connectivity index (χ4n) is 2.42. The Bertz CT molecular complexity index is 354. The van der Waals surface area contributed by atoms with E-state index in [4.69, 9.17) is 5.73 Å². The van der Waals surface area contributed by atoms with E-state index in [0.29, 0.717) is 6.54 Å². The van der Waals surface area contributed by atoms with E-state index in [1.165, 1.54) is 11.1 Å². The molecule has 0 saturated carbocycles. The standard InChI is InChI=1S/C13H20N2O/c1-10-3-2-4-11(7-10)13(8-14)15-6-5-12(16)9-15/h2-4,7,12-13,16H,5-6,8-9,14H2,1H3. The molecule has 1 aliphatic rings. The molecular weight excluding hydrogens is 200 g/mol. The van der Waals surface area contributed by atoms with Crippen LogP contribution in [0.5, 0.6) is 0 Å². The van der Waals surface area contributed by atoms with Crippen LogP contribution in [-0.2, 0) is 0 Å². The lowest BCUT2D eigenvalue weighted by molar-refractivity contribution is 0.160. The number of hydrogen-bond acceptors (Lipinski definition) is 3. The molecule has 0 amide bonds.